The minimum Gasteiger partial charge on any atom is -0.475 e. The van der Waals surface area contributed by atoms with Gasteiger partial charge in [-0.1, -0.05) is 6.42 Å². The van der Waals surface area contributed by atoms with Crippen LogP contribution in [0.2, 0.25) is 0 Å². The van der Waals surface area contributed by atoms with E-state index < -0.39 is 12.1 Å². The summed E-state index contributed by atoms with van der Waals surface area (Å²) in [6, 6.07) is 8.48. The third-order valence-corrected chi connectivity index (χ3v) is 6.60. The van der Waals surface area contributed by atoms with Gasteiger partial charge < -0.3 is 19.5 Å². The van der Waals surface area contributed by atoms with E-state index in [1.165, 1.54) is 17.8 Å². The van der Waals surface area contributed by atoms with Crippen LogP contribution in [0.4, 0.5) is 18.9 Å². The first-order valence-electron chi connectivity index (χ1n) is 10.7. The second kappa shape index (κ2) is 8.14. The van der Waals surface area contributed by atoms with Gasteiger partial charge in [-0.25, -0.2) is 9.78 Å². The van der Waals surface area contributed by atoms with Crippen LogP contribution in [-0.4, -0.2) is 57.2 Å². The van der Waals surface area contributed by atoms with Crippen molar-refractivity contribution in [3.63, 3.8) is 0 Å². The third-order valence-electron chi connectivity index (χ3n) is 6.60. The first-order chi connectivity index (χ1) is 15.2. The van der Waals surface area contributed by atoms with E-state index in [1.807, 2.05) is 12.3 Å². The Bertz CT molecular complexity index is 1020. The van der Waals surface area contributed by atoms with E-state index >= 15 is 0 Å². The molecular weight excluding hydrogens is 425 g/mol. The molecule has 1 N–H and O–H groups in total. The molecule has 10 heteroatoms. The van der Waals surface area contributed by atoms with Crippen molar-refractivity contribution in [1.82, 2.24) is 14.5 Å². The van der Waals surface area contributed by atoms with Gasteiger partial charge in [0.15, 0.2) is 5.82 Å². The van der Waals surface area contributed by atoms with Crippen LogP contribution in [0.25, 0.3) is 5.82 Å². The van der Waals surface area contributed by atoms with Gasteiger partial charge in [-0.05, 0) is 50.5 Å². The van der Waals surface area contributed by atoms with Crippen LogP contribution in [0.1, 0.15) is 38.3 Å². The highest BCUT2D eigenvalue weighted by Crippen LogP contribution is 2.47. The van der Waals surface area contributed by atoms with Crippen molar-refractivity contribution in [3.8, 4) is 5.82 Å². The molecule has 5 rings (SSSR count). The first-order valence-corrected chi connectivity index (χ1v) is 10.7. The molecule has 1 amide bonds. The maximum absolute atomic E-state index is 12.8. The van der Waals surface area contributed by atoms with E-state index in [2.05, 4.69) is 50.7 Å². The van der Waals surface area contributed by atoms with E-state index in [0.717, 1.165) is 44.7 Å². The number of carbonyl (C=O) groups excluding carboxylic acids is 1. The molecule has 0 aromatic carbocycles. The van der Waals surface area contributed by atoms with E-state index in [-0.39, 0.29) is 11.5 Å². The Hall–Kier alpha value is -3.04. The second-order valence-corrected chi connectivity index (χ2v) is 8.33. The average molecular weight is 450 g/mol. The monoisotopic (exact) mass is 450 g/mol. The highest BCUT2D eigenvalue weighted by molar-refractivity contribution is 5.80. The van der Waals surface area contributed by atoms with Crippen molar-refractivity contribution in [1.29, 1.82) is 0 Å². The van der Waals surface area contributed by atoms with Crippen LogP contribution >= 0.6 is 0 Å². The molecule has 0 bridgehead atoms. The van der Waals surface area contributed by atoms with Gasteiger partial charge in [-0.15, -0.1) is 0 Å². The molecule has 1 atom stereocenters. The van der Waals surface area contributed by atoms with Crippen molar-refractivity contribution in [2.24, 2.45) is 5.92 Å². The Balaban J connectivity index is 0.000000307. The molecule has 2 aromatic heterocycles. The summed E-state index contributed by atoms with van der Waals surface area (Å²) in [4.78, 5) is 30.9. The molecule has 2 aromatic rings. The summed E-state index contributed by atoms with van der Waals surface area (Å²) in [5.74, 6) is -1.12. The van der Waals surface area contributed by atoms with Gasteiger partial charge in [-0.3, -0.25) is 4.79 Å². The lowest BCUT2D eigenvalue weighted by Crippen LogP contribution is -2.53. The van der Waals surface area contributed by atoms with Crippen LogP contribution < -0.4 is 4.90 Å². The normalized spacial score (nSPS) is 22.0. The van der Waals surface area contributed by atoms with Crippen LogP contribution in [0.5, 0.6) is 0 Å². The van der Waals surface area contributed by atoms with Crippen molar-refractivity contribution in [2.75, 3.05) is 24.5 Å². The SMILES string of the molecule is CCN1c2cccnc2-n2cccc2C12CCN(C(=O)C1CCC1)C2.O=C(O)C(F)(F)F. The summed E-state index contributed by atoms with van der Waals surface area (Å²) in [5.41, 5.74) is 2.31. The van der Waals surface area contributed by atoms with Crippen LogP contribution in [-0.2, 0) is 15.1 Å². The number of aromatic nitrogens is 2. The molecule has 32 heavy (non-hydrogen) atoms. The fourth-order valence-corrected chi connectivity index (χ4v) is 4.90. The summed E-state index contributed by atoms with van der Waals surface area (Å²) in [6.45, 7) is 4.75. The molecule has 2 fully saturated rings. The number of halogens is 3. The average Bonchev–Trinajstić information content (AvgIpc) is 3.36. The molecule has 3 aliphatic rings. The van der Waals surface area contributed by atoms with E-state index in [9.17, 15) is 18.0 Å². The number of alkyl halides is 3. The van der Waals surface area contributed by atoms with E-state index in [1.54, 1.807) is 0 Å². The number of amides is 1. The van der Waals surface area contributed by atoms with Gasteiger partial charge in [0.25, 0.3) is 0 Å². The molecule has 1 unspecified atom stereocenters. The number of likely N-dealkylation sites (N-methyl/N-ethyl adjacent to an activating group) is 1. The lowest BCUT2D eigenvalue weighted by molar-refractivity contribution is -0.192. The molecule has 1 aliphatic carbocycles. The molecule has 4 heterocycles. The molecule has 1 saturated heterocycles. The maximum Gasteiger partial charge on any atom is 0.490 e. The van der Waals surface area contributed by atoms with Crippen LogP contribution in [0, 0.1) is 5.92 Å². The van der Waals surface area contributed by atoms with Gasteiger partial charge >= 0.3 is 12.1 Å². The predicted octanol–water partition coefficient (Wildman–Crippen LogP) is 3.57. The summed E-state index contributed by atoms with van der Waals surface area (Å²) in [7, 11) is 0. The fourth-order valence-electron chi connectivity index (χ4n) is 4.90. The van der Waals surface area contributed by atoms with Crippen molar-refractivity contribution in [3.05, 3.63) is 42.4 Å². The number of nitrogens with zero attached hydrogens (tertiary/aromatic N) is 4. The van der Waals surface area contributed by atoms with Crippen molar-refractivity contribution < 1.29 is 27.9 Å². The molecule has 1 saturated carbocycles. The Labute approximate surface area is 183 Å². The molecule has 2 aliphatic heterocycles. The number of carboxylic acids is 1. The molecule has 7 nitrogen and oxygen atoms in total. The number of likely N-dealkylation sites (tertiary alicyclic amines) is 1. The number of hydrogen-bond acceptors (Lipinski definition) is 4. The van der Waals surface area contributed by atoms with Gasteiger partial charge in [0.2, 0.25) is 5.91 Å². The Morgan fingerprint density at radius 3 is 2.56 bits per heavy atom. The highest BCUT2D eigenvalue weighted by Gasteiger charge is 2.51. The number of hydrogen-bond donors (Lipinski definition) is 1. The van der Waals surface area contributed by atoms with E-state index in [4.69, 9.17) is 9.90 Å². The number of pyridine rings is 1. The molecule has 172 valence electrons. The second-order valence-electron chi connectivity index (χ2n) is 8.33. The van der Waals surface area contributed by atoms with Gasteiger partial charge in [0, 0.05) is 37.9 Å². The largest absolute Gasteiger partial charge is 0.490 e. The Morgan fingerprint density at radius 2 is 1.97 bits per heavy atom. The zero-order chi connectivity index (χ0) is 23.1. The number of aliphatic carboxylic acids is 1. The van der Waals surface area contributed by atoms with Crippen LogP contribution in [0.3, 0.4) is 0 Å². The topological polar surface area (TPSA) is 78.7 Å². The minimum absolute atomic E-state index is 0.131. The number of rotatable bonds is 2. The summed E-state index contributed by atoms with van der Waals surface area (Å²) >= 11 is 0. The number of anilines is 1. The van der Waals surface area contributed by atoms with Gasteiger partial charge in [0.1, 0.15) is 0 Å². The summed E-state index contributed by atoms with van der Waals surface area (Å²) < 4.78 is 34.0. The minimum atomic E-state index is -5.08. The van der Waals surface area contributed by atoms with Crippen molar-refractivity contribution >= 4 is 17.6 Å². The molecule has 1 spiro atoms. The van der Waals surface area contributed by atoms with E-state index in [0.29, 0.717) is 5.91 Å². The number of carbonyl (C=O) groups is 2. The molecular formula is C22H25F3N4O3. The highest BCUT2D eigenvalue weighted by atomic mass is 19.4. The standard InChI is InChI=1S/C20H24N4O.C2HF3O2/c1-2-24-16-8-4-11-21-18(16)23-12-5-9-17(23)20(24)10-13-22(14-20)19(25)15-6-3-7-15;3-2(4,5)1(6)7/h4-5,8-9,11-12,15H,2-3,6-7,10,13-14H2,1H3;(H,6,7). The smallest absolute Gasteiger partial charge is 0.475 e. The lowest BCUT2D eigenvalue weighted by Gasteiger charge is -2.46. The summed E-state index contributed by atoms with van der Waals surface area (Å²) in [5, 5.41) is 7.12. The first kappa shape index (κ1) is 22.2. The van der Waals surface area contributed by atoms with Gasteiger partial charge in [0.05, 0.1) is 16.9 Å². The number of fused-ring (bicyclic) bond motifs is 4. The maximum atomic E-state index is 12.8. The van der Waals surface area contributed by atoms with Gasteiger partial charge in [-0.2, -0.15) is 13.2 Å². The number of carboxylic acid groups (broad SMARTS) is 1. The Kier molecular flexibility index (Phi) is 5.64. The zero-order valence-corrected chi connectivity index (χ0v) is 17.7. The lowest BCUT2D eigenvalue weighted by atomic mass is 9.84. The predicted molar refractivity (Wildman–Crippen MR) is 110 cm³/mol. The van der Waals surface area contributed by atoms with Crippen molar-refractivity contribution in [2.45, 2.75) is 44.3 Å². The quantitative estimate of drug-likeness (QED) is 0.757. The molecule has 0 radical (unpaired) electrons. The van der Waals surface area contributed by atoms with Crippen LogP contribution in [0.15, 0.2) is 36.7 Å². The Morgan fingerprint density at radius 1 is 1.25 bits per heavy atom. The summed E-state index contributed by atoms with van der Waals surface area (Å²) in [6.07, 6.45) is 3.21. The zero-order valence-electron chi connectivity index (χ0n) is 17.7. The fraction of sp³-hybridized carbons (Fsp3) is 0.500. The third kappa shape index (κ3) is 3.61.